The van der Waals surface area contributed by atoms with Gasteiger partial charge in [-0.1, -0.05) is 48.0 Å². The van der Waals surface area contributed by atoms with Crippen molar-refractivity contribution in [1.82, 2.24) is 9.80 Å². The number of hydrogen-bond acceptors (Lipinski definition) is 3. The molecule has 0 unspecified atom stereocenters. The summed E-state index contributed by atoms with van der Waals surface area (Å²) in [4.78, 5) is 18.9. The van der Waals surface area contributed by atoms with Crippen LogP contribution in [0.25, 0.3) is 0 Å². The third-order valence-corrected chi connectivity index (χ3v) is 5.11. The predicted molar refractivity (Wildman–Crippen MR) is 108 cm³/mol. The van der Waals surface area contributed by atoms with Gasteiger partial charge in [0.05, 0.1) is 0 Å². The fourth-order valence-corrected chi connectivity index (χ4v) is 3.48. The molecule has 2 aromatic carbocycles. The molecular weight excluding hydrogens is 346 g/mol. The minimum absolute atomic E-state index is 0.200. The Hall–Kier alpha value is -2.04. The molecule has 26 heavy (non-hydrogen) atoms. The lowest BCUT2D eigenvalue weighted by molar-refractivity contribution is -0.130. The van der Waals surface area contributed by atoms with Gasteiger partial charge in [-0.05, 0) is 23.8 Å². The van der Waals surface area contributed by atoms with Gasteiger partial charge in [0.25, 0.3) is 0 Å². The first-order valence-electron chi connectivity index (χ1n) is 9.12. The van der Waals surface area contributed by atoms with Gasteiger partial charge in [0.1, 0.15) is 0 Å². The molecule has 3 rings (SSSR count). The molecule has 138 valence electrons. The van der Waals surface area contributed by atoms with Crippen LogP contribution in [0.3, 0.4) is 0 Å². The minimum Gasteiger partial charge on any atom is -0.369 e. The largest absolute Gasteiger partial charge is 0.369 e. The van der Waals surface area contributed by atoms with Crippen molar-refractivity contribution >= 4 is 23.2 Å². The summed E-state index contributed by atoms with van der Waals surface area (Å²) in [7, 11) is 1.88. The van der Waals surface area contributed by atoms with Gasteiger partial charge < -0.3 is 9.80 Å². The molecule has 5 heteroatoms. The highest BCUT2D eigenvalue weighted by molar-refractivity contribution is 6.30. The molecule has 0 atom stereocenters. The third kappa shape index (κ3) is 5.23. The maximum atomic E-state index is 12.4. The maximum absolute atomic E-state index is 12.4. The molecular formula is C21H26ClN3O. The number of hydrogen-bond donors (Lipinski definition) is 0. The Morgan fingerprint density at radius 3 is 2.46 bits per heavy atom. The van der Waals surface area contributed by atoms with Crippen LogP contribution in [0, 0.1) is 0 Å². The minimum atomic E-state index is 0.200. The highest BCUT2D eigenvalue weighted by Gasteiger charge is 2.19. The normalized spacial score (nSPS) is 15.1. The van der Waals surface area contributed by atoms with Gasteiger partial charge in [-0.3, -0.25) is 9.69 Å². The highest BCUT2D eigenvalue weighted by atomic mass is 35.5. The van der Waals surface area contributed by atoms with Crippen LogP contribution in [0.5, 0.6) is 0 Å². The lowest BCUT2D eigenvalue weighted by atomic mass is 10.2. The van der Waals surface area contributed by atoms with Crippen LogP contribution in [0.1, 0.15) is 12.0 Å². The molecule has 0 spiro atoms. The van der Waals surface area contributed by atoms with Crippen molar-refractivity contribution in [1.29, 1.82) is 0 Å². The second-order valence-electron chi connectivity index (χ2n) is 6.79. The van der Waals surface area contributed by atoms with E-state index in [4.69, 9.17) is 11.6 Å². The van der Waals surface area contributed by atoms with E-state index in [0.717, 1.165) is 37.7 Å². The zero-order chi connectivity index (χ0) is 18.4. The summed E-state index contributed by atoms with van der Waals surface area (Å²) in [6.07, 6.45) is 0.570. The van der Waals surface area contributed by atoms with Gasteiger partial charge in [0.15, 0.2) is 0 Å². The van der Waals surface area contributed by atoms with E-state index >= 15 is 0 Å². The zero-order valence-electron chi connectivity index (χ0n) is 15.3. The van der Waals surface area contributed by atoms with Crippen molar-refractivity contribution in [2.45, 2.75) is 13.0 Å². The summed E-state index contributed by atoms with van der Waals surface area (Å²) in [5, 5.41) is 0.775. The number of carbonyl (C=O) groups excluding carboxylic acids is 1. The molecule has 0 aliphatic carbocycles. The van der Waals surface area contributed by atoms with Gasteiger partial charge in [-0.2, -0.15) is 0 Å². The molecule has 1 fully saturated rings. The smallest absolute Gasteiger partial charge is 0.223 e. The standard InChI is InChI=1S/C21H26ClN3O/c1-23(17-18-6-3-2-4-7-18)21(26)10-11-24-12-14-25(15-13-24)20-9-5-8-19(22)16-20/h2-9,16H,10-15,17H2,1H3. The van der Waals surface area contributed by atoms with E-state index in [1.165, 1.54) is 11.3 Å². The van der Waals surface area contributed by atoms with E-state index in [1.807, 2.05) is 48.3 Å². The first kappa shape index (κ1) is 18.7. The van der Waals surface area contributed by atoms with Crippen LogP contribution in [-0.4, -0.2) is 55.5 Å². The van der Waals surface area contributed by atoms with Gasteiger partial charge in [0, 0.05) is 63.4 Å². The second kappa shape index (κ2) is 9.06. The van der Waals surface area contributed by atoms with Crippen LogP contribution in [0.4, 0.5) is 5.69 Å². The topological polar surface area (TPSA) is 26.8 Å². The number of piperazine rings is 1. The average Bonchev–Trinajstić information content (AvgIpc) is 2.67. The Morgan fingerprint density at radius 2 is 1.77 bits per heavy atom. The maximum Gasteiger partial charge on any atom is 0.223 e. The van der Waals surface area contributed by atoms with Crippen LogP contribution in [-0.2, 0) is 11.3 Å². The van der Waals surface area contributed by atoms with E-state index in [9.17, 15) is 4.79 Å². The Morgan fingerprint density at radius 1 is 1.04 bits per heavy atom. The average molecular weight is 372 g/mol. The summed E-state index contributed by atoms with van der Waals surface area (Å²) >= 11 is 6.09. The van der Waals surface area contributed by atoms with Crippen molar-refractivity contribution in [3.05, 3.63) is 65.2 Å². The number of carbonyl (C=O) groups is 1. The quantitative estimate of drug-likeness (QED) is 0.777. The number of rotatable bonds is 6. The molecule has 1 aliphatic heterocycles. The molecule has 4 nitrogen and oxygen atoms in total. The van der Waals surface area contributed by atoms with E-state index in [0.29, 0.717) is 13.0 Å². The molecule has 0 radical (unpaired) electrons. The van der Waals surface area contributed by atoms with E-state index in [2.05, 4.69) is 28.0 Å². The predicted octanol–water partition coefficient (Wildman–Crippen LogP) is 3.51. The van der Waals surface area contributed by atoms with Gasteiger partial charge in [0.2, 0.25) is 5.91 Å². The summed E-state index contributed by atoms with van der Waals surface area (Å²) in [5.74, 6) is 0.200. The fourth-order valence-electron chi connectivity index (χ4n) is 3.29. The number of halogens is 1. The first-order chi connectivity index (χ1) is 12.6. The van der Waals surface area contributed by atoms with E-state index in [-0.39, 0.29) is 5.91 Å². The lowest BCUT2D eigenvalue weighted by Gasteiger charge is -2.36. The van der Waals surface area contributed by atoms with E-state index < -0.39 is 0 Å². The monoisotopic (exact) mass is 371 g/mol. The zero-order valence-corrected chi connectivity index (χ0v) is 16.0. The Kier molecular flexibility index (Phi) is 6.53. The molecule has 1 amide bonds. The molecule has 0 aromatic heterocycles. The second-order valence-corrected chi connectivity index (χ2v) is 7.23. The molecule has 1 saturated heterocycles. The van der Waals surface area contributed by atoms with E-state index in [1.54, 1.807) is 0 Å². The van der Waals surface area contributed by atoms with Crippen LogP contribution >= 0.6 is 11.6 Å². The van der Waals surface area contributed by atoms with Gasteiger partial charge in [-0.25, -0.2) is 0 Å². The molecule has 1 aliphatic rings. The van der Waals surface area contributed by atoms with Crippen LogP contribution in [0.15, 0.2) is 54.6 Å². The van der Waals surface area contributed by atoms with Crippen LogP contribution in [0.2, 0.25) is 5.02 Å². The Bertz CT molecular complexity index is 714. The third-order valence-electron chi connectivity index (χ3n) is 4.88. The van der Waals surface area contributed by atoms with Crippen molar-refractivity contribution < 1.29 is 4.79 Å². The van der Waals surface area contributed by atoms with Gasteiger partial charge in [-0.15, -0.1) is 0 Å². The molecule has 2 aromatic rings. The summed E-state index contributed by atoms with van der Waals surface area (Å²) < 4.78 is 0. The highest BCUT2D eigenvalue weighted by Crippen LogP contribution is 2.20. The van der Waals surface area contributed by atoms with Crippen molar-refractivity contribution in [3.63, 3.8) is 0 Å². The SMILES string of the molecule is CN(Cc1ccccc1)C(=O)CCN1CCN(c2cccc(Cl)c2)CC1. The fraction of sp³-hybridized carbons (Fsp3) is 0.381. The first-order valence-corrected chi connectivity index (χ1v) is 9.50. The lowest BCUT2D eigenvalue weighted by Crippen LogP contribution is -2.47. The van der Waals surface area contributed by atoms with Crippen molar-refractivity contribution in [2.75, 3.05) is 44.7 Å². The summed E-state index contributed by atoms with van der Waals surface area (Å²) in [6.45, 7) is 5.37. The molecule has 0 bridgehead atoms. The number of anilines is 1. The molecule has 0 saturated carbocycles. The molecule has 0 N–H and O–H groups in total. The van der Waals surface area contributed by atoms with Gasteiger partial charge >= 0.3 is 0 Å². The number of benzene rings is 2. The van der Waals surface area contributed by atoms with Crippen molar-refractivity contribution in [2.24, 2.45) is 0 Å². The number of nitrogens with zero attached hydrogens (tertiary/aromatic N) is 3. The Balaban J connectivity index is 1.41. The van der Waals surface area contributed by atoms with Crippen LogP contribution < -0.4 is 4.90 Å². The summed E-state index contributed by atoms with van der Waals surface area (Å²) in [6, 6.07) is 18.1. The molecule has 1 heterocycles. The summed E-state index contributed by atoms with van der Waals surface area (Å²) in [5.41, 5.74) is 2.34. The Labute approximate surface area is 161 Å². The number of amides is 1. The van der Waals surface area contributed by atoms with Crippen molar-refractivity contribution in [3.8, 4) is 0 Å².